The second kappa shape index (κ2) is 2.54. The molecule has 0 unspecified atom stereocenters. The summed E-state index contributed by atoms with van der Waals surface area (Å²) in [6, 6.07) is 8.84. The van der Waals surface area contributed by atoms with Gasteiger partial charge in [0.1, 0.15) is 5.76 Å². The van der Waals surface area contributed by atoms with Crippen LogP contribution in [0.15, 0.2) is 48.4 Å². The lowest BCUT2D eigenvalue weighted by Crippen LogP contribution is -2.12. The number of allylic oxidation sites excluding steroid dienone is 2. The molecule has 2 aliphatic carbocycles. The van der Waals surface area contributed by atoms with Gasteiger partial charge in [0.05, 0.1) is 6.26 Å². The van der Waals surface area contributed by atoms with Gasteiger partial charge in [-0.1, -0.05) is 24.3 Å². The van der Waals surface area contributed by atoms with Gasteiger partial charge < -0.3 is 4.74 Å². The first-order valence-corrected chi connectivity index (χ1v) is 5.57. The molecule has 1 heteroatoms. The number of hydrogen-bond acceptors (Lipinski definition) is 1. The van der Waals surface area contributed by atoms with Crippen LogP contribution in [0.25, 0.3) is 0 Å². The summed E-state index contributed by atoms with van der Waals surface area (Å²) >= 11 is 0. The van der Waals surface area contributed by atoms with Crippen LogP contribution in [0.1, 0.15) is 29.4 Å². The van der Waals surface area contributed by atoms with Crippen molar-refractivity contribution in [1.29, 1.82) is 0 Å². The minimum atomic E-state index is 0.505. The maximum Gasteiger partial charge on any atom is 0.107 e. The number of fused-ring (bicyclic) bond motifs is 7. The van der Waals surface area contributed by atoms with Crippen molar-refractivity contribution in [2.45, 2.75) is 18.3 Å². The molecule has 1 aromatic carbocycles. The lowest BCUT2D eigenvalue weighted by atomic mass is 9.82. The van der Waals surface area contributed by atoms with E-state index in [2.05, 4.69) is 36.4 Å². The van der Waals surface area contributed by atoms with E-state index in [1.54, 1.807) is 0 Å². The Balaban J connectivity index is 1.94. The van der Waals surface area contributed by atoms with E-state index in [1.165, 1.54) is 23.3 Å². The molecule has 0 N–H and O–H groups in total. The monoisotopic (exact) mass is 196 g/mol. The molecule has 2 bridgehead atoms. The average Bonchev–Trinajstić information content (AvgIpc) is 2.85. The maximum absolute atomic E-state index is 5.55. The van der Waals surface area contributed by atoms with E-state index >= 15 is 0 Å². The summed E-state index contributed by atoms with van der Waals surface area (Å²) in [4.78, 5) is 0. The molecule has 0 aromatic heterocycles. The standard InChI is InChI=1S/C14H12O/c1-2-4-11-10(3-1)9-7-13(11)12-5-6-15-14(12)8-9/h1-6,8-9,12-13H,7H2/t9-,12+,13-/m1/s1. The van der Waals surface area contributed by atoms with Gasteiger partial charge in [-0.05, 0) is 35.6 Å². The predicted octanol–water partition coefficient (Wildman–Crippen LogP) is 3.32. The fourth-order valence-electron chi connectivity index (χ4n) is 3.27. The Morgan fingerprint density at radius 2 is 2.00 bits per heavy atom. The Hall–Kier alpha value is -1.50. The molecule has 4 rings (SSSR count). The fourth-order valence-corrected chi connectivity index (χ4v) is 3.27. The van der Waals surface area contributed by atoms with Crippen molar-refractivity contribution in [3.05, 3.63) is 59.6 Å². The molecular formula is C14H12O. The molecule has 0 radical (unpaired) electrons. The minimum Gasteiger partial charge on any atom is -0.469 e. The molecule has 1 aromatic rings. The fraction of sp³-hybridized carbons (Fsp3) is 0.286. The molecule has 0 spiro atoms. The molecule has 0 amide bonds. The molecular weight excluding hydrogens is 184 g/mol. The lowest BCUT2D eigenvalue weighted by Gasteiger charge is -2.22. The Bertz CT molecular complexity index is 484. The van der Waals surface area contributed by atoms with Gasteiger partial charge in [-0.15, -0.1) is 0 Å². The number of benzene rings is 1. The zero-order valence-corrected chi connectivity index (χ0v) is 8.39. The van der Waals surface area contributed by atoms with E-state index in [4.69, 9.17) is 4.74 Å². The van der Waals surface area contributed by atoms with E-state index < -0.39 is 0 Å². The van der Waals surface area contributed by atoms with Crippen molar-refractivity contribution in [3.63, 3.8) is 0 Å². The predicted molar refractivity (Wildman–Crippen MR) is 58.3 cm³/mol. The SMILES string of the molecule is C1=C[C@@H]2C(=C[C@H]3C[C@@H]2c2ccccc23)O1. The van der Waals surface area contributed by atoms with E-state index in [9.17, 15) is 0 Å². The molecule has 74 valence electrons. The van der Waals surface area contributed by atoms with Crippen LogP contribution in [0.3, 0.4) is 0 Å². The van der Waals surface area contributed by atoms with Crippen molar-refractivity contribution >= 4 is 0 Å². The molecule has 0 saturated heterocycles. The summed E-state index contributed by atoms with van der Waals surface area (Å²) in [6.07, 6.45) is 7.63. The summed E-state index contributed by atoms with van der Waals surface area (Å²) in [5.74, 6) is 2.93. The highest BCUT2D eigenvalue weighted by atomic mass is 16.5. The van der Waals surface area contributed by atoms with Crippen molar-refractivity contribution in [2.24, 2.45) is 5.92 Å². The third-order valence-electron chi connectivity index (χ3n) is 3.92. The van der Waals surface area contributed by atoms with Crippen molar-refractivity contribution in [1.82, 2.24) is 0 Å². The summed E-state index contributed by atoms with van der Waals surface area (Å²) < 4.78 is 5.55. The van der Waals surface area contributed by atoms with E-state index in [0.717, 1.165) is 0 Å². The average molecular weight is 196 g/mol. The van der Waals surface area contributed by atoms with Crippen molar-refractivity contribution < 1.29 is 4.74 Å². The highest BCUT2D eigenvalue weighted by Gasteiger charge is 2.41. The maximum atomic E-state index is 5.55. The third-order valence-corrected chi connectivity index (χ3v) is 3.92. The van der Waals surface area contributed by atoms with Crippen LogP contribution < -0.4 is 0 Å². The second-order valence-electron chi connectivity index (χ2n) is 4.62. The molecule has 0 fully saturated rings. The van der Waals surface area contributed by atoms with Crippen LogP contribution in [0.4, 0.5) is 0 Å². The minimum absolute atomic E-state index is 0.505. The first-order chi connectivity index (χ1) is 7.43. The van der Waals surface area contributed by atoms with Crippen LogP contribution in [0, 0.1) is 5.92 Å². The van der Waals surface area contributed by atoms with Crippen LogP contribution in [0.2, 0.25) is 0 Å². The number of hydrogen-bond donors (Lipinski definition) is 0. The Labute approximate surface area is 89.1 Å². The Kier molecular flexibility index (Phi) is 1.31. The summed E-state index contributed by atoms with van der Waals surface area (Å²) in [5, 5.41) is 0. The van der Waals surface area contributed by atoms with Gasteiger partial charge in [-0.2, -0.15) is 0 Å². The molecule has 3 aliphatic rings. The van der Waals surface area contributed by atoms with Gasteiger partial charge in [0, 0.05) is 11.8 Å². The van der Waals surface area contributed by atoms with Gasteiger partial charge in [0.2, 0.25) is 0 Å². The smallest absolute Gasteiger partial charge is 0.107 e. The molecule has 3 atom stereocenters. The van der Waals surface area contributed by atoms with Crippen molar-refractivity contribution in [2.75, 3.05) is 0 Å². The van der Waals surface area contributed by atoms with E-state index in [1.807, 2.05) is 6.26 Å². The van der Waals surface area contributed by atoms with Crippen LogP contribution in [-0.2, 0) is 4.74 Å². The summed E-state index contributed by atoms with van der Waals surface area (Å²) in [6.45, 7) is 0. The Morgan fingerprint density at radius 1 is 1.13 bits per heavy atom. The number of ether oxygens (including phenoxy) is 1. The third kappa shape index (κ3) is 0.883. The van der Waals surface area contributed by atoms with E-state index in [0.29, 0.717) is 17.8 Å². The van der Waals surface area contributed by atoms with E-state index in [-0.39, 0.29) is 0 Å². The molecule has 0 saturated carbocycles. The highest BCUT2D eigenvalue weighted by molar-refractivity contribution is 5.47. The lowest BCUT2D eigenvalue weighted by molar-refractivity contribution is 0.311. The second-order valence-corrected chi connectivity index (χ2v) is 4.62. The Morgan fingerprint density at radius 3 is 2.93 bits per heavy atom. The molecule has 1 nitrogen and oxygen atoms in total. The van der Waals surface area contributed by atoms with Gasteiger partial charge in [-0.25, -0.2) is 0 Å². The molecule has 15 heavy (non-hydrogen) atoms. The normalized spacial score (nSPS) is 34.4. The van der Waals surface area contributed by atoms with Crippen LogP contribution >= 0.6 is 0 Å². The highest BCUT2D eigenvalue weighted by Crippen LogP contribution is 2.54. The first kappa shape index (κ1) is 7.75. The quantitative estimate of drug-likeness (QED) is 0.618. The van der Waals surface area contributed by atoms with Gasteiger partial charge in [0.25, 0.3) is 0 Å². The van der Waals surface area contributed by atoms with Gasteiger partial charge >= 0.3 is 0 Å². The largest absolute Gasteiger partial charge is 0.469 e. The topological polar surface area (TPSA) is 9.23 Å². The summed E-state index contributed by atoms with van der Waals surface area (Å²) in [5.41, 5.74) is 3.05. The van der Waals surface area contributed by atoms with Gasteiger partial charge in [0.15, 0.2) is 0 Å². The van der Waals surface area contributed by atoms with Crippen LogP contribution in [-0.4, -0.2) is 0 Å². The number of rotatable bonds is 0. The molecule has 1 aliphatic heterocycles. The van der Waals surface area contributed by atoms with Crippen molar-refractivity contribution in [3.8, 4) is 0 Å². The zero-order valence-electron chi connectivity index (χ0n) is 8.39. The molecule has 1 heterocycles. The zero-order chi connectivity index (χ0) is 9.83. The summed E-state index contributed by atoms with van der Waals surface area (Å²) in [7, 11) is 0. The first-order valence-electron chi connectivity index (χ1n) is 5.57. The van der Waals surface area contributed by atoms with Crippen LogP contribution in [0.5, 0.6) is 0 Å². The van der Waals surface area contributed by atoms with Gasteiger partial charge in [-0.3, -0.25) is 0 Å².